The molecule has 0 unspecified atom stereocenters. The van der Waals surface area contributed by atoms with Gasteiger partial charge in [0.2, 0.25) is 0 Å². The van der Waals surface area contributed by atoms with Gasteiger partial charge in [-0.1, -0.05) is 0 Å². The van der Waals surface area contributed by atoms with Gasteiger partial charge in [0.25, 0.3) is 0 Å². The molecule has 0 bridgehead atoms. The van der Waals surface area contributed by atoms with Gasteiger partial charge < -0.3 is 0 Å². The van der Waals surface area contributed by atoms with E-state index >= 15 is 0 Å². The SMILES string of the molecule is CC(=O)OOOO. The quantitative estimate of drug-likeness (QED) is 0.394. The lowest BCUT2D eigenvalue weighted by atomic mass is 10.9. The predicted octanol–water partition coefficient (Wildman–Crippen LogP) is -0.114. The molecule has 0 aliphatic heterocycles. The second kappa shape index (κ2) is 3.54. The molecular weight excluding hydrogens is 104 g/mol. The molecule has 0 saturated heterocycles. The van der Waals surface area contributed by atoms with Crippen LogP contribution in [0, 0.1) is 0 Å². The standard InChI is InChI=1S/C2H4O5/c1-2(3)5-7-6-4/h4H,1H3. The number of rotatable bonds is 2. The minimum Gasteiger partial charge on any atom is -0.267 e. The van der Waals surface area contributed by atoms with Crippen molar-refractivity contribution >= 4 is 5.97 Å². The summed E-state index contributed by atoms with van der Waals surface area (Å²) in [6, 6.07) is 0. The summed E-state index contributed by atoms with van der Waals surface area (Å²) in [5, 5.41) is 13.5. The Bertz CT molecular complexity index is 59.1. The van der Waals surface area contributed by atoms with Gasteiger partial charge >= 0.3 is 5.97 Å². The van der Waals surface area contributed by atoms with Crippen LogP contribution in [-0.4, -0.2) is 11.2 Å². The van der Waals surface area contributed by atoms with E-state index in [2.05, 4.69) is 15.0 Å². The summed E-state index contributed by atoms with van der Waals surface area (Å²) >= 11 is 0. The highest BCUT2D eigenvalue weighted by Gasteiger charge is 1.89. The second-order valence-electron chi connectivity index (χ2n) is 0.717. The van der Waals surface area contributed by atoms with Crippen LogP contribution in [0.25, 0.3) is 0 Å². The van der Waals surface area contributed by atoms with E-state index in [-0.39, 0.29) is 0 Å². The summed E-state index contributed by atoms with van der Waals surface area (Å²) < 4.78 is 0. The number of hydrogen-bond donors (Lipinski definition) is 1. The third-order valence-corrected chi connectivity index (χ3v) is 0.182. The molecule has 0 fully saturated rings. The summed E-state index contributed by atoms with van der Waals surface area (Å²) in [4.78, 5) is 13.2. The number of carbonyl (C=O) groups is 1. The summed E-state index contributed by atoms with van der Waals surface area (Å²) in [7, 11) is 0. The largest absolute Gasteiger partial charge is 0.342 e. The molecule has 0 radical (unpaired) electrons. The molecule has 0 atom stereocenters. The van der Waals surface area contributed by atoms with Crippen LogP contribution in [-0.2, 0) is 19.8 Å². The molecule has 0 heterocycles. The molecule has 0 saturated carbocycles. The van der Waals surface area contributed by atoms with Gasteiger partial charge in [0.15, 0.2) is 0 Å². The first-order chi connectivity index (χ1) is 3.27. The van der Waals surface area contributed by atoms with Gasteiger partial charge in [0.05, 0.1) is 0 Å². The van der Waals surface area contributed by atoms with E-state index in [0.29, 0.717) is 0 Å². The highest BCUT2D eigenvalue weighted by atomic mass is 17.6. The van der Waals surface area contributed by atoms with Gasteiger partial charge in [0, 0.05) is 12.0 Å². The fraction of sp³-hybridized carbons (Fsp3) is 0.500. The Morgan fingerprint density at radius 3 is 2.43 bits per heavy atom. The van der Waals surface area contributed by atoms with Crippen molar-refractivity contribution in [3.63, 3.8) is 0 Å². The van der Waals surface area contributed by atoms with E-state index in [1.807, 2.05) is 0 Å². The predicted molar refractivity (Wildman–Crippen MR) is 16.6 cm³/mol. The van der Waals surface area contributed by atoms with Crippen molar-refractivity contribution in [1.82, 2.24) is 0 Å². The molecule has 1 N–H and O–H groups in total. The summed E-state index contributed by atoms with van der Waals surface area (Å²) in [6.07, 6.45) is 0. The van der Waals surface area contributed by atoms with Crippen LogP contribution in [0.2, 0.25) is 0 Å². The molecule has 0 aromatic rings. The first-order valence-electron chi connectivity index (χ1n) is 1.42. The van der Waals surface area contributed by atoms with Gasteiger partial charge in [-0.3, -0.25) is 4.89 Å². The fourth-order valence-corrected chi connectivity index (χ4v) is 0.0631. The number of hydrogen-bond acceptors (Lipinski definition) is 5. The van der Waals surface area contributed by atoms with E-state index in [0.717, 1.165) is 6.92 Å². The molecule has 7 heavy (non-hydrogen) atoms. The third kappa shape index (κ3) is 5.35. The molecular formula is C2H4O5. The average Bonchev–Trinajstić information content (AvgIpc) is 1.61. The van der Waals surface area contributed by atoms with Gasteiger partial charge in [-0.05, 0) is 5.04 Å². The maximum atomic E-state index is 9.66. The van der Waals surface area contributed by atoms with Crippen LogP contribution in [0.3, 0.4) is 0 Å². The van der Waals surface area contributed by atoms with Gasteiger partial charge in [-0.2, -0.15) is 0 Å². The van der Waals surface area contributed by atoms with Crippen LogP contribution in [0.4, 0.5) is 0 Å². The first-order valence-corrected chi connectivity index (χ1v) is 1.42. The Morgan fingerprint density at radius 2 is 2.29 bits per heavy atom. The van der Waals surface area contributed by atoms with Crippen LogP contribution >= 0.6 is 0 Å². The van der Waals surface area contributed by atoms with Crippen LogP contribution in [0.1, 0.15) is 6.92 Å². The van der Waals surface area contributed by atoms with E-state index < -0.39 is 5.97 Å². The topological polar surface area (TPSA) is 65.0 Å². The molecule has 0 aromatic carbocycles. The van der Waals surface area contributed by atoms with E-state index in [1.165, 1.54) is 0 Å². The Labute approximate surface area is 39.2 Å². The molecule has 0 aliphatic rings. The molecule has 0 amide bonds. The molecule has 0 spiro atoms. The van der Waals surface area contributed by atoms with Crippen LogP contribution in [0.15, 0.2) is 0 Å². The third-order valence-electron chi connectivity index (χ3n) is 0.182. The molecule has 0 rings (SSSR count). The first kappa shape index (κ1) is 6.35. The molecule has 42 valence electrons. The Hall–Kier alpha value is -0.650. The van der Waals surface area contributed by atoms with Crippen molar-refractivity contribution in [2.45, 2.75) is 6.92 Å². The Kier molecular flexibility index (Phi) is 3.21. The summed E-state index contributed by atoms with van der Waals surface area (Å²) in [6.45, 7) is 1.10. The van der Waals surface area contributed by atoms with Gasteiger partial charge in [-0.25, -0.2) is 10.1 Å². The maximum absolute atomic E-state index is 9.66. The number of carbonyl (C=O) groups excluding carboxylic acids is 1. The molecule has 5 nitrogen and oxygen atoms in total. The highest BCUT2D eigenvalue weighted by molar-refractivity contribution is 5.65. The smallest absolute Gasteiger partial charge is 0.267 e. The molecule has 0 aromatic heterocycles. The monoisotopic (exact) mass is 108 g/mol. The molecule has 5 heteroatoms. The highest BCUT2D eigenvalue weighted by Crippen LogP contribution is 1.75. The minimum absolute atomic E-state index is 0.700. The maximum Gasteiger partial charge on any atom is 0.342 e. The van der Waals surface area contributed by atoms with Crippen LogP contribution < -0.4 is 0 Å². The van der Waals surface area contributed by atoms with Gasteiger partial charge in [-0.15, -0.1) is 0 Å². The summed E-state index contributed by atoms with van der Waals surface area (Å²) in [5.41, 5.74) is 0. The fourth-order valence-electron chi connectivity index (χ4n) is 0.0631. The lowest BCUT2D eigenvalue weighted by Crippen LogP contribution is -1.98. The lowest BCUT2D eigenvalue weighted by Gasteiger charge is -1.88. The Morgan fingerprint density at radius 1 is 1.71 bits per heavy atom. The van der Waals surface area contributed by atoms with E-state index in [1.54, 1.807) is 0 Å². The zero-order chi connectivity index (χ0) is 5.70. The van der Waals surface area contributed by atoms with Crippen molar-refractivity contribution in [2.24, 2.45) is 0 Å². The second-order valence-corrected chi connectivity index (χ2v) is 0.717. The van der Waals surface area contributed by atoms with E-state index in [4.69, 9.17) is 5.26 Å². The van der Waals surface area contributed by atoms with E-state index in [9.17, 15) is 4.79 Å². The normalized spacial score (nSPS) is 8.29. The van der Waals surface area contributed by atoms with Crippen molar-refractivity contribution in [3.8, 4) is 0 Å². The van der Waals surface area contributed by atoms with Crippen molar-refractivity contribution in [3.05, 3.63) is 0 Å². The average molecular weight is 108 g/mol. The minimum atomic E-state index is -0.700. The van der Waals surface area contributed by atoms with Crippen molar-refractivity contribution in [1.29, 1.82) is 0 Å². The zero-order valence-corrected chi connectivity index (χ0v) is 3.58. The van der Waals surface area contributed by atoms with Crippen molar-refractivity contribution < 1.29 is 25.0 Å². The Balaban J connectivity index is 2.82. The summed E-state index contributed by atoms with van der Waals surface area (Å²) in [5.74, 6) is -0.700. The molecule has 0 aliphatic carbocycles. The lowest BCUT2D eigenvalue weighted by molar-refractivity contribution is -0.605. The van der Waals surface area contributed by atoms with Crippen molar-refractivity contribution in [2.75, 3.05) is 0 Å². The van der Waals surface area contributed by atoms with Crippen LogP contribution in [0.5, 0.6) is 0 Å². The zero-order valence-electron chi connectivity index (χ0n) is 3.58. The van der Waals surface area contributed by atoms with Gasteiger partial charge in [0.1, 0.15) is 0 Å².